The zero-order chi connectivity index (χ0) is 24.6. The predicted octanol–water partition coefficient (Wildman–Crippen LogP) is 2.74. The van der Waals surface area contributed by atoms with E-state index in [0.717, 1.165) is 30.9 Å². The number of carbonyl (C=O) groups is 2. The van der Waals surface area contributed by atoms with Crippen molar-refractivity contribution in [3.8, 4) is 17.1 Å². The van der Waals surface area contributed by atoms with Gasteiger partial charge in [-0.3, -0.25) is 9.69 Å². The van der Waals surface area contributed by atoms with Crippen LogP contribution in [0.1, 0.15) is 40.0 Å². The minimum Gasteiger partial charge on any atom is -0.494 e. The number of carbonyl (C=O) groups excluding carboxylic acids is 2. The number of nitrogens with zero attached hydrogens (tertiary/aromatic N) is 4. The van der Waals surface area contributed by atoms with Gasteiger partial charge in [-0.1, -0.05) is 5.16 Å². The van der Waals surface area contributed by atoms with Crippen LogP contribution in [0.3, 0.4) is 0 Å². The number of nitrogens with one attached hydrogen (secondary N) is 1. The van der Waals surface area contributed by atoms with Gasteiger partial charge in [0.2, 0.25) is 17.6 Å². The molecule has 1 N–H and O–H groups in total. The molecule has 186 valence electrons. The third-order valence-electron chi connectivity index (χ3n) is 5.23. The van der Waals surface area contributed by atoms with E-state index in [-0.39, 0.29) is 18.4 Å². The molecule has 1 fully saturated rings. The number of piperazine rings is 1. The van der Waals surface area contributed by atoms with Crippen molar-refractivity contribution in [3.05, 3.63) is 30.2 Å². The van der Waals surface area contributed by atoms with Crippen LogP contribution in [-0.4, -0.2) is 83.4 Å². The highest BCUT2D eigenvalue weighted by Crippen LogP contribution is 2.20. The van der Waals surface area contributed by atoms with E-state index < -0.39 is 5.60 Å². The Hall–Kier alpha value is -3.14. The van der Waals surface area contributed by atoms with Crippen molar-refractivity contribution in [2.45, 2.75) is 46.1 Å². The molecule has 10 nitrogen and oxygen atoms in total. The molecule has 10 heteroatoms. The molecular weight excluding hydrogens is 438 g/mol. The number of aryl methyl sites for hydroxylation is 1. The Balaban J connectivity index is 1.32. The van der Waals surface area contributed by atoms with Gasteiger partial charge in [-0.2, -0.15) is 4.98 Å². The summed E-state index contributed by atoms with van der Waals surface area (Å²) in [6.45, 7) is 12.2. The average molecular weight is 474 g/mol. The Morgan fingerprint density at radius 3 is 2.47 bits per heavy atom. The van der Waals surface area contributed by atoms with E-state index in [1.54, 1.807) is 4.90 Å². The molecule has 1 saturated heterocycles. The minimum atomic E-state index is -0.489. The predicted molar refractivity (Wildman–Crippen MR) is 126 cm³/mol. The minimum absolute atomic E-state index is 0.0618. The van der Waals surface area contributed by atoms with Gasteiger partial charge in [0.15, 0.2) is 0 Å². The van der Waals surface area contributed by atoms with Crippen LogP contribution in [0, 0.1) is 0 Å². The molecule has 0 bridgehead atoms. The quantitative estimate of drug-likeness (QED) is 0.592. The maximum Gasteiger partial charge on any atom is 0.410 e. The van der Waals surface area contributed by atoms with Gasteiger partial charge in [0.05, 0.1) is 6.61 Å². The van der Waals surface area contributed by atoms with E-state index in [4.69, 9.17) is 14.0 Å². The first-order valence-electron chi connectivity index (χ1n) is 11.8. The highest BCUT2D eigenvalue weighted by atomic mass is 16.6. The second kappa shape index (κ2) is 11.8. The molecule has 1 aliphatic heterocycles. The van der Waals surface area contributed by atoms with E-state index >= 15 is 0 Å². The van der Waals surface area contributed by atoms with E-state index in [0.29, 0.717) is 44.4 Å². The molecule has 0 saturated carbocycles. The van der Waals surface area contributed by atoms with E-state index in [2.05, 4.69) is 20.4 Å². The fraction of sp³-hybridized carbons (Fsp3) is 0.583. The average Bonchev–Trinajstić information content (AvgIpc) is 3.27. The number of hydrogen-bond donors (Lipinski definition) is 1. The molecule has 2 aromatic rings. The molecule has 1 aromatic heterocycles. The third kappa shape index (κ3) is 8.02. The summed E-state index contributed by atoms with van der Waals surface area (Å²) in [5, 5.41) is 6.93. The Bertz CT molecular complexity index is 930. The van der Waals surface area contributed by atoms with E-state index in [1.165, 1.54) is 0 Å². The normalized spacial score (nSPS) is 14.6. The first-order chi connectivity index (χ1) is 16.2. The summed E-state index contributed by atoms with van der Waals surface area (Å²) in [5.74, 6) is 1.64. The van der Waals surface area contributed by atoms with Crippen molar-refractivity contribution in [1.82, 2.24) is 25.3 Å². The van der Waals surface area contributed by atoms with Crippen LogP contribution < -0.4 is 10.1 Å². The van der Waals surface area contributed by atoms with Gasteiger partial charge in [0.25, 0.3) is 0 Å². The lowest BCUT2D eigenvalue weighted by molar-refractivity contribution is -0.121. The number of aromatic nitrogens is 2. The van der Waals surface area contributed by atoms with Crippen molar-refractivity contribution in [2.75, 3.05) is 45.9 Å². The van der Waals surface area contributed by atoms with Gasteiger partial charge >= 0.3 is 6.09 Å². The molecule has 0 aliphatic carbocycles. The monoisotopic (exact) mass is 473 g/mol. The molecule has 34 heavy (non-hydrogen) atoms. The van der Waals surface area contributed by atoms with Crippen LogP contribution in [0.4, 0.5) is 4.79 Å². The van der Waals surface area contributed by atoms with Crippen LogP contribution in [0.15, 0.2) is 28.8 Å². The van der Waals surface area contributed by atoms with Crippen LogP contribution in [-0.2, 0) is 16.0 Å². The van der Waals surface area contributed by atoms with Gasteiger partial charge in [0, 0.05) is 57.7 Å². The summed E-state index contributed by atoms with van der Waals surface area (Å²) in [4.78, 5) is 32.7. The lowest BCUT2D eigenvalue weighted by Gasteiger charge is -2.35. The summed E-state index contributed by atoms with van der Waals surface area (Å²) >= 11 is 0. The highest BCUT2D eigenvalue weighted by molar-refractivity contribution is 5.76. The number of amides is 2. The Kier molecular flexibility index (Phi) is 8.86. The zero-order valence-corrected chi connectivity index (χ0v) is 20.5. The smallest absolute Gasteiger partial charge is 0.410 e. The maximum absolute atomic E-state index is 12.2. The second-order valence-corrected chi connectivity index (χ2v) is 9.13. The lowest BCUT2D eigenvalue weighted by atomic mass is 10.2. The zero-order valence-electron chi connectivity index (χ0n) is 20.5. The number of ether oxygens (including phenoxy) is 2. The molecular formula is C24H35N5O5. The molecule has 2 amide bonds. The summed E-state index contributed by atoms with van der Waals surface area (Å²) < 4.78 is 16.1. The van der Waals surface area contributed by atoms with Crippen molar-refractivity contribution >= 4 is 12.0 Å². The number of benzene rings is 1. The SMILES string of the molecule is CCOc1ccc(-c2noc(CCC(=O)NCCN3CCN(C(=O)OC(C)(C)C)CC3)n2)cc1. The summed E-state index contributed by atoms with van der Waals surface area (Å²) in [6, 6.07) is 7.47. The van der Waals surface area contributed by atoms with Crippen molar-refractivity contribution < 1.29 is 23.6 Å². The summed E-state index contributed by atoms with van der Waals surface area (Å²) in [5.41, 5.74) is 0.339. The molecule has 0 radical (unpaired) electrons. The van der Waals surface area contributed by atoms with Gasteiger partial charge < -0.3 is 24.2 Å². The molecule has 2 heterocycles. The molecule has 0 unspecified atom stereocenters. The third-order valence-corrected chi connectivity index (χ3v) is 5.23. The standard InChI is InChI=1S/C24H35N5O5/c1-5-32-19-8-6-18(7-9-19)22-26-21(34-27-22)11-10-20(30)25-12-13-28-14-16-29(17-15-28)23(31)33-24(2,3)4/h6-9H,5,10-17H2,1-4H3,(H,25,30). The Morgan fingerprint density at radius 2 is 1.82 bits per heavy atom. The molecule has 1 aromatic carbocycles. The maximum atomic E-state index is 12.2. The second-order valence-electron chi connectivity index (χ2n) is 9.13. The summed E-state index contributed by atoms with van der Waals surface area (Å²) in [6.07, 6.45) is 0.383. The van der Waals surface area contributed by atoms with Crippen LogP contribution >= 0.6 is 0 Å². The van der Waals surface area contributed by atoms with Crippen LogP contribution in [0.2, 0.25) is 0 Å². The summed E-state index contributed by atoms with van der Waals surface area (Å²) in [7, 11) is 0. The Labute approximate surface area is 200 Å². The largest absolute Gasteiger partial charge is 0.494 e. The topological polar surface area (TPSA) is 110 Å². The van der Waals surface area contributed by atoms with Crippen molar-refractivity contribution in [3.63, 3.8) is 0 Å². The number of hydrogen-bond acceptors (Lipinski definition) is 8. The van der Waals surface area contributed by atoms with Gasteiger partial charge in [0.1, 0.15) is 11.4 Å². The fourth-order valence-electron chi connectivity index (χ4n) is 3.48. The van der Waals surface area contributed by atoms with E-state index in [9.17, 15) is 9.59 Å². The van der Waals surface area contributed by atoms with Crippen molar-refractivity contribution in [2.24, 2.45) is 0 Å². The van der Waals surface area contributed by atoms with Gasteiger partial charge in [-0.05, 0) is 52.0 Å². The molecule has 3 rings (SSSR count). The van der Waals surface area contributed by atoms with Crippen LogP contribution in [0.25, 0.3) is 11.4 Å². The molecule has 1 aliphatic rings. The first-order valence-corrected chi connectivity index (χ1v) is 11.8. The Morgan fingerprint density at radius 1 is 1.12 bits per heavy atom. The molecule has 0 atom stereocenters. The van der Waals surface area contributed by atoms with Gasteiger partial charge in [-0.25, -0.2) is 4.79 Å². The van der Waals surface area contributed by atoms with Crippen molar-refractivity contribution in [1.29, 1.82) is 0 Å². The number of rotatable bonds is 9. The lowest BCUT2D eigenvalue weighted by Crippen LogP contribution is -2.51. The fourth-order valence-corrected chi connectivity index (χ4v) is 3.48. The first kappa shape index (κ1) is 25.5. The van der Waals surface area contributed by atoms with Gasteiger partial charge in [-0.15, -0.1) is 0 Å². The van der Waals surface area contributed by atoms with E-state index in [1.807, 2.05) is 52.0 Å². The van der Waals surface area contributed by atoms with Crippen LogP contribution in [0.5, 0.6) is 5.75 Å². The molecule has 0 spiro atoms. The highest BCUT2D eigenvalue weighted by Gasteiger charge is 2.25.